The van der Waals surface area contributed by atoms with E-state index in [0.29, 0.717) is 114 Å². The van der Waals surface area contributed by atoms with Crippen molar-refractivity contribution >= 4 is 44.7 Å². The third-order valence-corrected chi connectivity index (χ3v) is 14.2. The van der Waals surface area contributed by atoms with Crippen LogP contribution in [0.25, 0.3) is 136 Å². The van der Waals surface area contributed by atoms with Gasteiger partial charge in [0.2, 0.25) is 0 Å². The van der Waals surface area contributed by atoms with Gasteiger partial charge in [0, 0.05) is 22.3 Å². The zero-order valence-corrected chi connectivity index (χ0v) is 45.9. The lowest BCUT2D eigenvalue weighted by atomic mass is 10.0. The molecule has 9 heterocycles. The summed E-state index contributed by atoms with van der Waals surface area (Å²) >= 11 is 0. The van der Waals surface area contributed by atoms with Gasteiger partial charge in [0.1, 0.15) is 44.8 Å². The maximum absolute atomic E-state index is 5.23. The van der Waals surface area contributed by atoms with E-state index in [1.165, 1.54) is 22.3 Å². The van der Waals surface area contributed by atoms with Gasteiger partial charge in [-0.15, -0.1) is 0 Å². The second kappa shape index (κ2) is 20.4. The Morgan fingerprint density at radius 1 is 0.275 bits per heavy atom. The van der Waals surface area contributed by atoms with E-state index in [1.54, 1.807) is 24.8 Å². The van der Waals surface area contributed by atoms with Crippen molar-refractivity contribution < 1.29 is 0 Å². The number of fused-ring (bicyclic) bond motifs is 20. The van der Waals surface area contributed by atoms with Crippen LogP contribution in [0.5, 0.6) is 0 Å². The molecule has 11 aromatic rings. The lowest BCUT2D eigenvalue weighted by molar-refractivity contribution is 0.647. The van der Waals surface area contributed by atoms with Crippen LogP contribution in [0.4, 0.5) is 0 Å². The molecule has 0 saturated carbocycles. The van der Waals surface area contributed by atoms with E-state index in [4.69, 9.17) is 69.8 Å². The summed E-state index contributed by atoms with van der Waals surface area (Å²) in [5.74, 6) is 3.15. The highest BCUT2D eigenvalue weighted by Gasteiger charge is 2.28. The molecule has 13 rings (SSSR count). The van der Waals surface area contributed by atoms with Gasteiger partial charge in [-0.05, 0) is 71.6 Å². The summed E-state index contributed by atoms with van der Waals surface area (Å²) in [7, 11) is 0. The Morgan fingerprint density at radius 3 is 0.838 bits per heavy atom. The molecule has 0 radical (unpaired) electrons. The van der Waals surface area contributed by atoms with Crippen molar-refractivity contribution in [2.45, 2.75) is 81.1 Å². The third kappa shape index (κ3) is 9.81. The molecule has 4 aromatic carbocycles. The van der Waals surface area contributed by atoms with Gasteiger partial charge in [0.25, 0.3) is 0 Å². The molecular weight excluding hydrogens is 993 g/mol. The molecule has 0 spiro atoms. The van der Waals surface area contributed by atoms with E-state index in [1.807, 2.05) is 0 Å². The van der Waals surface area contributed by atoms with E-state index in [0.717, 1.165) is 47.9 Å². The average Bonchev–Trinajstić information content (AvgIpc) is 4.21. The van der Waals surface area contributed by atoms with Gasteiger partial charge in [-0.3, -0.25) is 0 Å². The largest absolute Gasteiger partial charge is 0.321 e. The van der Waals surface area contributed by atoms with Crippen molar-refractivity contribution in [3.8, 4) is 91.1 Å². The Labute approximate surface area is 462 Å². The Kier molecular flexibility index (Phi) is 12.8. The van der Waals surface area contributed by atoms with Gasteiger partial charge in [0.15, 0.2) is 45.9 Å². The first kappa shape index (κ1) is 50.1. The Hall–Kier alpha value is -9.44. The predicted molar refractivity (Wildman–Crippen MR) is 314 cm³/mol. The maximum Gasteiger partial charge on any atom is 0.184 e. The van der Waals surface area contributed by atoms with E-state index in [2.05, 4.69) is 162 Å². The van der Waals surface area contributed by atoms with Crippen LogP contribution < -0.4 is 0 Å². The number of aromatic nitrogens is 16. The smallest absolute Gasteiger partial charge is 0.184 e. The summed E-state index contributed by atoms with van der Waals surface area (Å²) in [6.07, 6.45) is 10.9. The van der Waals surface area contributed by atoms with Gasteiger partial charge in [0.05, 0.1) is 47.6 Å². The van der Waals surface area contributed by atoms with Gasteiger partial charge >= 0.3 is 0 Å². The number of benzene rings is 4. The molecule has 0 amide bonds. The van der Waals surface area contributed by atoms with Gasteiger partial charge in [-0.25, -0.2) is 69.8 Å². The zero-order valence-electron chi connectivity index (χ0n) is 45.9. The highest BCUT2D eigenvalue weighted by molar-refractivity contribution is 6.02. The fourth-order valence-corrected chi connectivity index (χ4v) is 10.5. The van der Waals surface area contributed by atoms with Crippen molar-refractivity contribution in [2.24, 2.45) is 23.7 Å². The molecule has 80 heavy (non-hydrogen) atoms. The second-order valence-corrected chi connectivity index (χ2v) is 22.6. The molecular formula is C64H58N16. The molecule has 394 valence electrons. The van der Waals surface area contributed by atoms with Crippen molar-refractivity contribution in [3.63, 3.8) is 0 Å². The minimum Gasteiger partial charge on any atom is -0.321 e. The first-order chi connectivity index (χ1) is 38.8. The molecule has 7 aromatic heterocycles. The minimum atomic E-state index is 0.265. The summed E-state index contributed by atoms with van der Waals surface area (Å²) in [6.45, 7) is 17.7. The van der Waals surface area contributed by atoms with E-state index in [9.17, 15) is 0 Å². The van der Waals surface area contributed by atoms with E-state index in [-0.39, 0.29) is 23.3 Å². The van der Waals surface area contributed by atoms with E-state index < -0.39 is 0 Å². The minimum absolute atomic E-state index is 0.265. The topological polar surface area (TPSA) is 212 Å². The number of nitrogens with zero attached hydrogens (tertiary/aromatic N) is 14. The molecule has 16 nitrogen and oxygen atoms in total. The number of hydrogen-bond acceptors (Lipinski definition) is 14. The van der Waals surface area contributed by atoms with Crippen molar-refractivity contribution in [1.29, 1.82) is 0 Å². The van der Waals surface area contributed by atoms with Crippen LogP contribution in [0, 0.1) is 23.7 Å². The fourth-order valence-electron chi connectivity index (χ4n) is 10.5. The fraction of sp³-hybridized carbons (Fsp3) is 0.250. The number of H-pyrrole nitrogens is 2. The normalized spacial score (nSPS) is 12.2. The SMILES string of the molecule is CC(C)Cc1ccc(-c2cnc3c(n2)-c2nc-3nc3[nH]c(nc4nc(nc5[nH]c(n2)c2ncc(-c6ccc(CC(C)C)cc6)nc52)-c2ncc(-c5ccc(CC(C)C)cc5)nc2-4)c2ncc(-c4ccc(CC(C)C)cc4)nc32)cc1. The van der Waals surface area contributed by atoms with Crippen LogP contribution in [0.3, 0.4) is 0 Å². The molecule has 0 saturated heterocycles. The van der Waals surface area contributed by atoms with Crippen LogP contribution in [0.2, 0.25) is 0 Å². The van der Waals surface area contributed by atoms with Crippen LogP contribution in [0.1, 0.15) is 77.6 Å². The standard InChI is InChI=1S/C64H58N16/c1-33(2)25-37-9-17-41(18-10-37)45-29-65-49-53(69-45)61-73-57(49)78-62-55-51(67-31-47(71-55)43-21-13-39(14-22-43)27-35(5)6)59(75-62)80-64-56-52(68-32-48(72-56)44-23-15-40(16-24-44)28-36(7)8)60(76-64)79-63-54-50(58(74-63)77-61)66-30-46(70-54)42-19-11-38(12-20-42)26-34(3)4/h9-24,29-36H,25-28H2,1-8H3,(H2,73,74,75,76,77,78,79,80). The summed E-state index contributed by atoms with van der Waals surface area (Å²) < 4.78 is 0. The van der Waals surface area contributed by atoms with Gasteiger partial charge in [-0.1, -0.05) is 152 Å². The lowest BCUT2D eigenvalue weighted by Gasteiger charge is -2.07. The second-order valence-electron chi connectivity index (χ2n) is 22.6. The van der Waals surface area contributed by atoms with E-state index >= 15 is 0 Å². The van der Waals surface area contributed by atoms with Crippen molar-refractivity contribution in [1.82, 2.24) is 79.7 Å². The van der Waals surface area contributed by atoms with Crippen LogP contribution in [-0.4, -0.2) is 79.7 Å². The summed E-state index contributed by atoms with van der Waals surface area (Å²) in [5.41, 5.74) is 16.3. The Morgan fingerprint density at radius 2 is 0.537 bits per heavy atom. The molecule has 0 unspecified atom stereocenters. The van der Waals surface area contributed by atoms with Crippen LogP contribution in [-0.2, 0) is 25.7 Å². The van der Waals surface area contributed by atoms with Crippen LogP contribution in [0.15, 0.2) is 122 Å². The molecule has 2 aliphatic rings. The average molecular weight is 1050 g/mol. The van der Waals surface area contributed by atoms with Crippen LogP contribution >= 0.6 is 0 Å². The molecule has 2 N–H and O–H groups in total. The van der Waals surface area contributed by atoms with Gasteiger partial charge < -0.3 is 9.97 Å². The molecule has 8 bridgehead atoms. The summed E-state index contributed by atoms with van der Waals surface area (Å²) in [6, 6.07) is 33.8. The molecule has 0 aliphatic carbocycles. The quantitative estimate of drug-likeness (QED) is 0.117. The molecule has 16 heteroatoms. The summed E-state index contributed by atoms with van der Waals surface area (Å²) in [5, 5.41) is 0. The number of aromatic amines is 2. The molecule has 0 fully saturated rings. The maximum atomic E-state index is 5.23. The first-order valence-electron chi connectivity index (χ1n) is 27.5. The first-order valence-corrected chi connectivity index (χ1v) is 27.5. The van der Waals surface area contributed by atoms with Crippen molar-refractivity contribution in [3.05, 3.63) is 144 Å². The Bertz CT molecular complexity index is 4070. The highest BCUT2D eigenvalue weighted by atomic mass is 15.1. The third-order valence-electron chi connectivity index (χ3n) is 14.2. The predicted octanol–water partition coefficient (Wildman–Crippen LogP) is 13.5. The number of hydrogen-bond donors (Lipinski definition) is 2. The van der Waals surface area contributed by atoms with Gasteiger partial charge in [-0.2, -0.15) is 0 Å². The highest BCUT2D eigenvalue weighted by Crippen LogP contribution is 2.37. The number of rotatable bonds is 12. The lowest BCUT2D eigenvalue weighted by Crippen LogP contribution is -1.95. The molecule has 0 atom stereocenters. The number of nitrogens with one attached hydrogen (secondary N) is 2. The zero-order chi connectivity index (χ0) is 54.8. The Balaban J connectivity index is 1.07. The monoisotopic (exact) mass is 1050 g/mol. The summed E-state index contributed by atoms with van der Waals surface area (Å²) in [4.78, 5) is 79.1. The van der Waals surface area contributed by atoms with Crippen molar-refractivity contribution in [2.75, 3.05) is 0 Å². The molecule has 2 aliphatic heterocycles.